The normalized spacial score (nSPS) is 16.9. The predicted molar refractivity (Wildman–Crippen MR) is 74.8 cm³/mol. The summed E-state index contributed by atoms with van der Waals surface area (Å²) in [5, 5.41) is 9.44. The maximum Gasteiger partial charge on any atom is 0.315 e. The molecule has 0 aliphatic carbocycles. The van der Waals surface area contributed by atoms with E-state index in [2.05, 4.69) is 4.98 Å². The fourth-order valence-corrected chi connectivity index (χ4v) is 2.20. The van der Waals surface area contributed by atoms with Gasteiger partial charge in [0.1, 0.15) is 11.7 Å². The highest BCUT2D eigenvalue weighted by Crippen LogP contribution is 2.17. The number of pyridine rings is 1. The maximum atomic E-state index is 11.9. The topological polar surface area (TPSA) is 73.7 Å². The number of nitrogens with zero attached hydrogens (tertiary/aromatic N) is 3. The van der Waals surface area contributed by atoms with Crippen molar-refractivity contribution in [3.8, 4) is 0 Å². The minimum absolute atomic E-state index is 0.332. The van der Waals surface area contributed by atoms with Gasteiger partial charge < -0.3 is 14.9 Å². The number of carbonyl (C=O) groups is 2. The van der Waals surface area contributed by atoms with Gasteiger partial charge in [-0.1, -0.05) is 11.6 Å². The minimum Gasteiger partial charge on any atom is -0.481 e. The zero-order valence-corrected chi connectivity index (χ0v) is 11.9. The van der Waals surface area contributed by atoms with Crippen LogP contribution in [0, 0.1) is 5.92 Å². The largest absolute Gasteiger partial charge is 0.481 e. The van der Waals surface area contributed by atoms with Crippen LogP contribution < -0.4 is 4.90 Å². The first-order valence-corrected chi connectivity index (χ1v) is 6.75. The SMILES string of the molecule is CC(C(=O)O)C(=O)N1CCN(c2ccc(Cl)cn2)CC1. The van der Waals surface area contributed by atoms with Crippen LogP contribution in [0.15, 0.2) is 18.3 Å². The van der Waals surface area contributed by atoms with Crippen LogP contribution in [0.2, 0.25) is 5.02 Å². The standard InChI is InChI=1S/C13H16ClN3O3/c1-9(13(19)20)12(18)17-6-4-16(5-7-17)11-3-2-10(14)8-15-11/h2-3,8-9H,4-7H2,1H3,(H,19,20). The van der Waals surface area contributed by atoms with E-state index in [1.807, 2.05) is 11.0 Å². The van der Waals surface area contributed by atoms with E-state index in [0.29, 0.717) is 31.2 Å². The number of anilines is 1. The maximum absolute atomic E-state index is 11.9. The molecular formula is C13H16ClN3O3. The average Bonchev–Trinajstić information content (AvgIpc) is 2.46. The van der Waals surface area contributed by atoms with Crippen LogP contribution in [0.25, 0.3) is 0 Å². The lowest BCUT2D eigenvalue weighted by Crippen LogP contribution is -2.51. The van der Waals surface area contributed by atoms with Crippen molar-refractivity contribution in [2.24, 2.45) is 5.92 Å². The van der Waals surface area contributed by atoms with Gasteiger partial charge >= 0.3 is 5.97 Å². The Bertz CT molecular complexity index is 498. The fourth-order valence-electron chi connectivity index (χ4n) is 2.09. The molecule has 1 aromatic heterocycles. The molecule has 6 nitrogen and oxygen atoms in total. The summed E-state index contributed by atoms with van der Waals surface area (Å²) in [7, 11) is 0. The molecule has 1 atom stereocenters. The summed E-state index contributed by atoms with van der Waals surface area (Å²) in [5.74, 6) is -1.60. The highest BCUT2D eigenvalue weighted by molar-refractivity contribution is 6.30. The number of aliphatic carboxylic acids is 1. The molecule has 108 valence electrons. The first-order chi connectivity index (χ1) is 9.49. The van der Waals surface area contributed by atoms with Gasteiger partial charge in [-0.05, 0) is 19.1 Å². The van der Waals surface area contributed by atoms with Gasteiger partial charge in [-0.2, -0.15) is 0 Å². The molecule has 1 amide bonds. The molecule has 1 aliphatic heterocycles. The number of carboxylic acid groups (broad SMARTS) is 1. The number of hydrogen-bond acceptors (Lipinski definition) is 4. The van der Waals surface area contributed by atoms with Crippen LogP contribution in [0.4, 0.5) is 5.82 Å². The molecule has 0 spiro atoms. The lowest BCUT2D eigenvalue weighted by Gasteiger charge is -2.36. The van der Waals surface area contributed by atoms with Gasteiger partial charge in [0, 0.05) is 32.4 Å². The number of amides is 1. The number of carboxylic acids is 1. The van der Waals surface area contributed by atoms with Gasteiger partial charge in [0.2, 0.25) is 5.91 Å². The summed E-state index contributed by atoms with van der Waals surface area (Å²) in [6.45, 7) is 3.68. The molecule has 1 aromatic rings. The Hall–Kier alpha value is -1.82. The first kappa shape index (κ1) is 14.6. The summed E-state index contributed by atoms with van der Waals surface area (Å²) in [4.78, 5) is 30.6. The molecule has 1 aliphatic rings. The van der Waals surface area contributed by atoms with Crippen LogP contribution in [-0.4, -0.2) is 53.0 Å². The summed E-state index contributed by atoms with van der Waals surface area (Å²) < 4.78 is 0. The minimum atomic E-state index is -1.09. The van der Waals surface area contributed by atoms with Crippen molar-refractivity contribution >= 4 is 29.3 Å². The summed E-state index contributed by atoms with van der Waals surface area (Å²) >= 11 is 5.79. The smallest absolute Gasteiger partial charge is 0.315 e. The van der Waals surface area contributed by atoms with Crippen molar-refractivity contribution in [3.05, 3.63) is 23.4 Å². The zero-order chi connectivity index (χ0) is 14.7. The van der Waals surface area contributed by atoms with E-state index in [9.17, 15) is 9.59 Å². The third-order valence-electron chi connectivity index (χ3n) is 3.37. The van der Waals surface area contributed by atoms with Crippen LogP contribution >= 0.6 is 11.6 Å². The molecule has 2 heterocycles. The second kappa shape index (κ2) is 6.09. The van der Waals surface area contributed by atoms with Crippen molar-refractivity contribution < 1.29 is 14.7 Å². The van der Waals surface area contributed by atoms with Crippen LogP contribution in [0.5, 0.6) is 0 Å². The predicted octanol–water partition coefficient (Wildman–Crippen LogP) is 1.10. The molecule has 7 heteroatoms. The van der Waals surface area contributed by atoms with E-state index in [-0.39, 0.29) is 5.91 Å². The molecule has 1 saturated heterocycles. The fraction of sp³-hybridized carbons (Fsp3) is 0.462. The number of halogens is 1. The van der Waals surface area contributed by atoms with Gasteiger partial charge in [0.05, 0.1) is 5.02 Å². The number of rotatable bonds is 3. The number of aromatic nitrogens is 1. The van der Waals surface area contributed by atoms with E-state index in [1.165, 1.54) is 6.92 Å². The molecule has 0 bridgehead atoms. The van der Waals surface area contributed by atoms with Crippen molar-refractivity contribution in [1.29, 1.82) is 0 Å². The van der Waals surface area contributed by atoms with Gasteiger partial charge in [-0.3, -0.25) is 9.59 Å². The second-order valence-electron chi connectivity index (χ2n) is 4.71. The van der Waals surface area contributed by atoms with Crippen molar-refractivity contribution in [3.63, 3.8) is 0 Å². The highest BCUT2D eigenvalue weighted by atomic mass is 35.5. The number of carbonyl (C=O) groups excluding carboxylic acids is 1. The van der Waals surface area contributed by atoms with Crippen molar-refractivity contribution in [1.82, 2.24) is 9.88 Å². The third-order valence-corrected chi connectivity index (χ3v) is 3.59. The molecule has 20 heavy (non-hydrogen) atoms. The molecule has 1 N–H and O–H groups in total. The van der Waals surface area contributed by atoms with Gasteiger partial charge in [0.15, 0.2) is 0 Å². The van der Waals surface area contributed by atoms with Crippen LogP contribution in [-0.2, 0) is 9.59 Å². The summed E-state index contributed by atoms with van der Waals surface area (Å²) in [6.07, 6.45) is 1.58. The second-order valence-corrected chi connectivity index (χ2v) is 5.14. The van der Waals surface area contributed by atoms with E-state index in [1.54, 1.807) is 17.2 Å². The highest BCUT2D eigenvalue weighted by Gasteiger charge is 2.28. The number of hydrogen-bond donors (Lipinski definition) is 1. The molecule has 1 unspecified atom stereocenters. The Morgan fingerprint density at radius 3 is 2.45 bits per heavy atom. The molecule has 0 aromatic carbocycles. The Morgan fingerprint density at radius 2 is 1.95 bits per heavy atom. The number of piperazine rings is 1. The van der Waals surface area contributed by atoms with Crippen molar-refractivity contribution in [2.45, 2.75) is 6.92 Å². The monoisotopic (exact) mass is 297 g/mol. The molecule has 2 rings (SSSR count). The lowest BCUT2D eigenvalue weighted by molar-refractivity contribution is -0.150. The van der Waals surface area contributed by atoms with E-state index >= 15 is 0 Å². The average molecular weight is 298 g/mol. The molecule has 0 saturated carbocycles. The first-order valence-electron chi connectivity index (χ1n) is 6.37. The molecular weight excluding hydrogens is 282 g/mol. The lowest BCUT2D eigenvalue weighted by atomic mass is 10.1. The Kier molecular flexibility index (Phi) is 4.44. The Labute approximate surface area is 122 Å². The van der Waals surface area contributed by atoms with E-state index in [0.717, 1.165) is 5.82 Å². The Balaban J connectivity index is 1.94. The van der Waals surface area contributed by atoms with Gasteiger partial charge in [0.25, 0.3) is 0 Å². The molecule has 0 radical (unpaired) electrons. The molecule has 1 fully saturated rings. The summed E-state index contributed by atoms with van der Waals surface area (Å²) in [5.41, 5.74) is 0. The Morgan fingerprint density at radius 1 is 1.30 bits per heavy atom. The van der Waals surface area contributed by atoms with E-state index < -0.39 is 11.9 Å². The quantitative estimate of drug-likeness (QED) is 0.846. The third kappa shape index (κ3) is 3.19. The van der Waals surface area contributed by atoms with Crippen LogP contribution in [0.3, 0.4) is 0 Å². The van der Waals surface area contributed by atoms with Crippen LogP contribution in [0.1, 0.15) is 6.92 Å². The van der Waals surface area contributed by atoms with Gasteiger partial charge in [-0.15, -0.1) is 0 Å². The van der Waals surface area contributed by atoms with Crippen molar-refractivity contribution in [2.75, 3.05) is 31.1 Å². The summed E-state index contributed by atoms with van der Waals surface area (Å²) in [6, 6.07) is 3.60. The van der Waals surface area contributed by atoms with E-state index in [4.69, 9.17) is 16.7 Å². The zero-order valence-electron chi connectivity index (χ0n) is 11.1. The van der Waals surface area contributed by atoms with Gasteiger partial charge in [-0.25, -0.2) is 4.98 Å².